The maximum absolute atomic E-state index is 12.4. The number of hydrogen-bond donors (Lipinski definition) is 1. The molecule has 3 nitrogen and oxygen atoms in total. The van der Waals surface area contributed by atoms with Crippen LogP contribution in [0.2, 0.25) is 0 Å². The molecule has 2 aromatic carbocycles. The third-order valence-corrected chi connectivity index (χ3v) is 7.26. The van der Waals surface area contributed by atoms with Crippen LogP contribution in [0.15, 0.2) is 78.9 Å². The van der Waals surface area contributed by atoms with Crippen molar-refractivity contribution in [3.63, 3.8) is 0 Å². The van der Waals surface area contributed by atoms with Crippen LogP contribution in [-0.4, -0.2) is 17.2 Å². The maximum Gasteiger partial charge on any atom is 0.337 e. The van der Waals surface area contributed by atoms with E-state index < -0.39 is 0 Å². The molecule has 2 aliphatic rings. The van der Waals surface area contributed by atoms with Gasteiger partial charge in [-0.05, 0) is 54.4 Å². The van der Waals surface area contributed by atoms with Gasteiger partial charge in [0.2, 0.25) is 0 Å². The van der Waals surface area contributed by atoms with Crippen molar-refractivity contribution in [3.8, 4) is 5.75 Å². The van der Waals surface area contributed by atoms with E-state index in [-0.39, 0.29) is 22.9 Å². The number of rotatable bonds is 4. The van der Waals surface area contributed by atoms with E-state index in [4.69, 9.17) is 9.84 Å². The van der Waals surface area contributed by atoms with E-state index in [2.05, 4.69) is 27.4 Å². The van der Waals surface area contributed by atoms with Gasteiger partial charge in [0.25, 0.3) is 0 Å². The molecule has 2 aliphatic carbocycles. The monoisotopic (exact) mass is 404 g/mol. The van der Waals surface area contributed by atoms with Gasteiger partial charge >= 0.3 is 5.97 Å². The molecule has 2 aromatic rings. The van der Waals surface area contributed by atoms with Crippen molar-refractivity contribution >= 4 is 12.0 Å². The van der Waals surface area contributed by atoms with E-state index in [9.17, 15) is 4.79 Å². The van der Waals surface area contributed by atoms with E-state index in [0.29, 0.717) is 17.2 Å². The second kappa shape index (κ2) is 8.91. The van der Waals surface area contributed by atoms with Crippen LogP contribution in [0.3, 0.4) is 0 Å². The number of aromatic hydroxyl groups is 1. The summed E-state index contributed by atoms with van der Waals surface area (Å²) >= 11 is 0. The molecule has 30 heavy (non-hydrogen) atoms. The van der Waals surface area contributed by atoms with Gasteiger partial charge < -0.3 is 9.84 Å². The van der Waals surface area contributed by atoms with Gasteiger partial charge in [0.1, 0.15) is 11.9 Å². The molecule has 2 saturated carbocycles. The number of esters is 1. The second-order valence-corrected chi connectivity index (χ2v) is 9.11. The quantitative estimate of drug-likeness (QED) is 0.364. The molecule has 0 aromatic heterocycles. The van der Waals surface area contributed by atoms with Crippen LogP contribution in [0.4, 0.5) is 0 Å². The molecule has 158 valence electrons. The fourth-order valence-corrected chi connectivity index (χ4v) is 4.77. The van der Waals surface area contributed by atoms with E-state index in [1.165, 1.54) is 6.42 Å². The van der Waals surface area contributed by atoms with Crippen molar-refractivity contribution in [3.05, 3.63) is 84.5 Å². The first kappa shape index (κ1) is 21.9. The Morgan fingerprint density at radius 3 is 2.13 bits per heavy atom. The zero-order chi connectivity index (χ0) is 21.8. The number of carbonyl (C=O) groups is 1. The molecule has 0 radical (unpaired) electrons. The third-order valence-electron chi connectivity index (χ3n) is 7.26. The molecule has 3 atom stereocenters. The predicted molar refractivity (Wildman–Crippen MR) is 122 cm³/mol. The second-order valence-electron chi connectivity index (χ2n) is 9.11. The summed E-state index contributed by atoms with van der Waals surface area (Å²) in [5.41, 5.74) is 1.81. The Morgan fingerprint density at radius 2 is 1.67 bits per heavy atom. The molecule has 3 unspecified atom stereocenters. The Balaban J connectivity index is 0.000000310. The van der Waals surface area contributed by atoms with Crippen molar-refractivity contribution < 1.29 is 14.6 Å². The van der Waals surface area contributed by atoms with Crippen molar-refractivity contribution in [2.24, 2.45) is 16.7 Å². The number of para-hydroxylation sites is 1. The number of benzene rings is 2. The van der Waals surface area contributed by atoms with E-state index in [0.717, 1.165) is 18.4 Å². The van der Waals surface area contributed by atoms with Crippen molar-refractivity contribution in [2.75, 3.05) is 0 Å². The fourth-order valence-electron chi connectivity index (χ4n) is 4.77. The molecule has 0 amide bonds. The van der Waals surface area contributed by atoms with Gasteiger partial charge in [0.05, 0.1) is 5.57 Å². The van der Waals surface area contributed by atoms with Gasteiger partial charge in [-0.15, -0.1) is 0 Å². The Bertz CT molecular complexity index is 898. The molecule has 0 saturated heterocycles. The lowest BCUT2D eigenvalue weighted by atomic mass is 9.70. The van der Waals surface area contributed by atoms with Gasteiger partial charge in [-0.1, -0.05) is 82.0 Å². The highest BCUT2D eigenvalue weighted by molar-refractivity contribution is 5.92. The number of hydrogen-bond acceptors (Lipinski definition) is 3. The first-order chi connectivity index (χ1) is 14.2. The highest BCUT2D eigenvalue weighted by Gasteiger charge is 2.62. The van der Waals surface area contributed by atoms with E-state index in [1.54, 1.807) is 30.3 Å². The normalized spacial score (nSPS) is 26.1. The minimum absolute atomic E-state index is 0.0191. The van der Waals surface area contributed by atoms with E-state index in [1.807, 2.05) is 42.5 Å². The number of phenols is 1. The fraction of sp³-hybridized carbons (Fsp3) is 0.370. The SMILES string of the molecule is C=C(C=Cc1ccccc1)C(=O)OC1CC2CCC1(C)C2(C)C.Oc1ccccc1. The minimum atomic E-state index is -0.285. The lowest BCUT2D eigenvalue weighted by Gasteiger charge is -2.38. The Morgan fingerprint density at radius 1 is 1.07 bits per heavy atom. The maximum atomic E-state index is 12.4. The standard InChI is InChI=1S/C21H26O2.C6H6O/c1-15(10-11-16-8-6-5-7-9-16)19(22)23-18-14-17-12-13-21(18,4)20(17,2)3;7-6-4-2-1-3-5-6/h5-11,17-18H,1,12-14H2,2-4H3;1-5,7H. The predicted octanol–water partition coefficient (Wildman–Crippen LogP) is 6.41. The summed E-state index contributed by atoms with van der Waals surface area (Å²) < 4.78 is 5.84. The van der Waals surface area contributed by atoms with Crippen LogP contribution in [0, 0.1) is 16.7 Å². The van der Waals surface area contributed by atoms with Gasteiger partial charge in [-0.2, -0.15) is 0 Å². The molecule has 0 aliphatic heterocycles. The molecular formula is C27H32O3. The summed E-state index contributed by atoms with van der Waals surface area (Å²) in [7, 11) is 0. The summed E-state index contributed by atoms with van der Waals surface area (Å²) in [6, 6.07) is 18.6. The smallest absolute Gasteiger partial charge is 0.337 e. The lowest BCUT2D eigenvalue weighted by molar-refractivity contribution is -0.151. The highest BCUT2D eigenvalue weighted by atomic mass is 16.5. The Hall–Kier alpha value is -2.81. The van der Waals surface area contributed by atoms with E-state index >= 15 is 0 Å². The van der Waals surface area contributed by atoms with Crippen LogP contribution >= 0.6 is 0 Å². The zero-order valence-electron chi connectivity index (χ0n) is 18.2. The summed E-state index contributed by atoms with van der Waals surface area (Å²) in [5, 5.41) is 8.63. The van der Waals surface area contributed by atoms with Crippen molar-refractivity contribution in [1.82, 2.24) is 0 Å². The summed E-state index contributed by atoms with van der Waals surface area (Å²) in [5.74, 6) is 0.702. The number of phenolic OH excluding ortho intramolecular Hbond substituents is 1. The molecular weight excluding hydrogens is 372 g/mol. The van der Waals surface area contributed by atoms with Gasteiger partial charge in [-0.3, -0.25) is 0 Å². The molecule has 4 rings (SSSR count). The topological polar surface area (TPSA) is 46.5 Å². The van der Waals surface area contributed by atoms with Gasteiger partial charge in [-0.25, -0.2) is 4.79 Å². The first-order valence-electron chi connectivity index (χ1n) is 10.6. The van der Waals surface area contributed by atoms with Crippen LogP contribution in [0.5, 0.6) is 5.75 Å². The molecule has 0 spiro atoms. The number of carbonyl (C=O) groups excluding carboxylic acids is 1. The molecule has 0 heterocycles. The molecule has 2 bridgehead atoms. The summed E-state index contributed by atoms with van der Waals surface area (Å²) in [6.45, 7) is 10.8. The van der Waals surface area contributed by atoms with Crippen LogP contribution in [-0.2, 0) is 9.53 Å². The average Bonchev–Trinajstić information content (AvgIpc) is 3.07. The highest BCUT2D eigenvalue weighted by Crippen LogP contribution is 2.66. The average molecular weight is 405 g/mol. The van der Waals surface area contributed by atoms with Gasteiger partial charge in [0.15, 0.2) is 0 Å². The van der Waals surface area contributed by atoms with Crippen LogP contribution in [0.1, 0.15) is 45.6 Å². The number of fused-ring (bicyclic) bond motifs is 2. The first-order valence-corrected chi connectivity index (χ1v) is 10.6. The Kier molecular flexibility index (Phi) is 6.50. The molecule has 3 heteroatoms. The van der Waals surface area contributed by atoms with Crippen molar-refractivity contribution in [2.45, 2.75) is 46.1 Å². The largest absolute Gasteiger partial charge is 0.508 e. The summed E-state index contributed by atoms with van der Waals surface area (Å²) in [4.78, 5) is 12.4. The number of ether oxygens (including phenoxy) is 1. The van der Waals surface area contributed by atoms with Crippen molar-refractivity contribution in [1.29, 1.82) is 0 Å². The van der Waals surface area contributed by atoms with Crippen LogP contribution < -0.4 is 0 Å². The summed E-state index contributed by atoms with van der Waals surface area (Å²) in [6.07, 6.45) is 7.06. The third kappa shape index (κ3) is 4.51. The molecule has 1 N–H and O–H groups in total. The lowest BCUT2D eigenvalue weighted by Crippen LogP contribution is -2.38. The molecule has 2 fully saturated rings. The Labute approximate surface area is 180 Å². The zero-order valence-corrected chi connectivity index (χ0v) is 18.2. The van der Waals surface area contributed by atoms with Crippen LogP contribution in [0.25, 0.3) is 6.08 Å². The van der Waals surface area contributed by atoms with Gasteiger partial charge in [0, 0.05) is 5.41 Å². The minimum Gasteiger partial charge on any atom is -0.508 e.